The van der Waals surface area contributed by atoms with Crippen LogP contribution in [0.1, 0.15) is 39.9 Å². The molecule has 0 aliphatic carbocycles. The second-order valence-electron chi connectivity index (χ2n) is 7.37. The Morgan fingerprint density at radius 3 is 2.39 bits per heavy atom. The molecule has 0 radical (unpaired) electrons. The van der Waals surface area contributed by atoms with Crippen LogP contribution in [0.3, 0.4) is 0 Å². The van der Waals surface area contributed by atoms with E-state index >= 15 is 0 Å². The van der Waals surface area contributed by atoms with Crippen LogP contribution in [-0.2, 0) is 22.1 Å². The predicted octanol–water partition coefficient (Wildman–Crippen LogP) is 2.42. The first-order valence-electron chi connectivity index (χ1n) is 11.4. The standard InChI is InChI=1S/C20H26N8O2S.C2H6/c1-4-15(20(29)27-6-8-31(30)9-7-27)25-17-16-19(24-12-23-17)28(5-2)18(26-16)14-10-21-13(3)22-11-14;1-2/h10-12,15H,4-9H2,1-3H3,(H,23,24,25);1-2H3. The fourth-order valence-corrected chi connectivity index (χ4v) is 4.70. The Bertz CT molecular complexity index is 1110. The summed E-state index contributed by atoms with van der Waals surface area (Å²) in [6, 6.07) is -0.442. The van der Waals surface area contributed by atoms with Gasteiger partial charge < -0.3 is 14.8 Å². The molecule has 0 bridgehead atoms. The summed E-state index contributed by atoms with van der Waals surface area (Å²) in [6.45, 7) is 11.5. The van der Waals surface area contributed by atoms with Crippen LogP contribution in [0.5, 0.6) is 0 Å². The van der Waals surface area contributed by atoms with Crippen molar-refractivity contribution < 1.29 is 9.00 Å². The number of hydrogen-bond acceptors (Lipinski definition) is 8. The molecular weight excluding hydrogens is 440 g/mol. The number of nitrogens with zero attached hydrogens (tertiary/aromatic N) is 7. The first-order valence-corrected chi connectivity index (χ1v) is 12.9. The molecule has 10 nitrogen and oxygen atoms in total. The summed E-state index contributed by atoms with van der Waals surface area (Å²) >= 11 is 0. The topological polar surface area (TPSA) is 119 Å². The number of fused-ring (bicyclic) bond motifs is 1. The molecule has 4 heterocycles. The highest BCUT2D eigenvalue weighted by Gasteiger charge is 2.27. The highest BCUT2D eigenvalue weighted by atomic mass is 32.2. The van der Waals surface area contributed by atoms with E-state index in [9.17, 15) is 9.00 Å². The van der Waals surface area contributed by atoms with Crippen LogP contribution in [-0.4, -0.2) is 75.1 Å². The molecule has 1 fully saturated rings. The van der Waals surface area contributed by atoms with E-state index in [0.29, 0.717) is 66.2 Å². The number of nitrogens with one attached hydrogen (secondary N) is 1. The zero-order chi connectivity index (χ0) is 24.0. The van der Waals surface area contributed by atoms with Gasteiger partial charge in [0.1, 0.15) is 24.0 Å². The summed E-state index contributed by atoms with van der Waals surface area (Å²) in [7, 11) is -0.828. The van der Waals surface area contributed by atoms with Gasteiger partial charge in [0.15, 0.2) is 17.0 Å². The summed E-state index contributed by atoms with van der Waals surface area (Å²) in [4.78, 5) is 37.0. The van der Waals surface area contributed by atoms with E-state index in [1.807, 2.05) is 39.2 Å². The zero-order valence-electron chi connectivity index (χ0n) is 19.9. The number of aryl methyl sites for hydroxylation is 2. The van der Waals surface area contributed by atoms with Crippen LogP contribution in [0.2, 0.25) is 0 Å². The van der Waals surface area contributed by atoms with Crippen molar-refractivity contribution in [1.29, 1.82) is 0 Å². The summed E-state index contributed by atoms with van der Waals surface area (Å²) in [5, 5.41) is 3.28. The van der Waals surface area contributed by atoms with Gasteiger partial charge in [-0.05, 0) is 20.3 Å². The third-order valence-corrected chi connectivity index (χ3v) is 6.67. The first kappa shape index (κ1) is 24.7. The third kappa shape index (κ3) is 5.35. The zero-order valence-corrected chi connectivity index (χ0v) is 20.7. The molecule has 178 valence electrons. The van der Waals surface area contributed by atoms with E-state index in [4.69, 9.17) is 4.98 Å². The van der Waals surface area contributed by atoms with Crippen molar-refractivity contribution in [3.05, 3.63) is 24.5 Å². The number of aromatic nitrogens is 6. The molecule has 0 aromatic carbocycles. The summed E-state index contributed by atoms with van der Waals surface area (Å²) in [6.07, 6.45) is 5.57. The van der Waals surface area contributed by atoms with Crippen molar-refractivity contribution in [2.24, 2.45) is 0 Å². The monoisotopic (exact) mass is 472 g/mol. The number of hydrogen-bond donors (Lipinski definition) is 1. The van der Waals surface area contributed by atoms with Gasteiger partial charge in [-0.25, -0.2) is 24.9 Å². The van der Waals surface area contributed by atoms with E-state index in [0.717, 1.165) is 5.56 Å². The minimum Gasteiger partial charge on any atom is -0.356 e. The molecule has 1 N–H and O–H groups in total. The lowest BCUT2D eigenvalue weighted by atomic mass is 10.2. The molecule has 0 spiro atoms. The fraction of sp³-hybridized carbons (Fsp3) is 0.545. The quantitative estimate of drug-likeness (QED) is 0.581. The summed E-state index contributed by atoms with van der Waals surface area (Å²) < 4.78 is 13.6. The normalized spacial score (nSPS) is 15.1. The first-order chi connectivity index (χ1) is 16.0. The Hall–Kier alpha value is -2.95. The molecule has 1 atom stereocenters. The highest BCUT2D eigenvalue weighted by Crippen LogP contribution is 2.27. The van der Waals surface area contributed by atoms with Gasteiger partial charge in [-0.2, -0.15) is 0 Å². The van der Waals surface area contributed by atoms with Gasteiger partial charge in [0.2, 0.25) is 5.91 Å². The molecule has 0 saturated carbocycles. The van der Waals surface area contributed by atoms with Crippen LogP contribution >= 0.6 is 0 Å². The Labute approximate surface area is 196 Å². The van der Waals surface area contributed by atoms with Gasteiger partial charge in [-0.3, -0.25) is 9.00 Å². The summed E-state index contributed by atoms with van der Waals surface area (Å²) in [5.41, 5.74) is 2.08. The van der Waals surface area contributed by atoms with Crippen LogP contribution in [0.4, 0.5) is 5.82 Å². The summed E-state index contributed by atoms with van der Waals surface area (Å²) in [5.74, 6) is 2.97. The molecule has 1 aliphatic heterocycles. The van der Waals surface area contributed by atoms with Gasteiger partial charge in [0, 0.05) is 54.3 Å². The number of carbonyl (C=O) groups excluding carboxylic acids is 1. The molecule has 1 saturated heterocycles. The Morgan fingerprint density at radius 2 is 1.79 bits per heavy atom. The van der Waals surface area contributed by atoms with Gasteiger partial charge in [0.05, 0.1) is 5.56 Å². The van der Waals surface area contributed by atoms with Crippen molar-refractivity contribution in [1.82, 2.24) is 34.4 Å². The van der Waals surface area contributed by atoms with E-state index in [2.05, 4.69) is 25.3 Å². The minimum atomic E-state index is -0.828. The SMILES string of the molecule is CC.CCC(Nc1ncnc2c1nc(-c1cnc(C)nc1)n2CC)C(=O)N1CCS(=O)CC1. The molecular formula is C22H32N8O2S. The average Bonchev–Trinajstić information content (AvgIpc) is 3.23. The predicted molar refractivity (Wildman–Crippen MR) is 130 cm³/mol. The average molecular weight is 473 g/mol. The van der Waals surface area contributed by atoms with Gasteiger partial charge >= 0.3 is 0 Å². The molecule has 11 heteroatoms. The maximum Gasteiger partial charge on any atom is 0.245 e. The van der Waals surface area contributed by atoms with E-state index in [-0.39, 0.29) is 5.91 Å². The van der Waals surface area contributed by atoms with E-state index in [1.165, 1.54) is 6.33 Å². The molecule has 1 amide bonds. The molecule has 4 rings (SSSR count). The van der Waals surface area contributed by atoms with Crippen LogP contribution in [0.15, 0.2) is 18.7 Å². The number of carbonyl (C=O) groups is 1. The Kier molecular flexibility index (Phi) is 8.43. The Balaban J connectivity index is 0.00000149. The van der Waals surface area contributed by atoms with E-state index in [1.54, 1.807) is 17.3 Å². The lowest BCUT2D eigenvalue weighted by molar-refractivity contribution is -0.131. The molecule has 3 aromatic rings. The molecule has 33 heavy (non-hydrogen) atoms. The fourth-order valence-electron chi connectivity index (χ4n) is 3.65. The lowest BCUT2D eigenvalue weighted by Crippen LogP contribution is -2.48. The van der Waals surface area contributed by atoms with Gasteiger partial charge in [-0.1, -0.05) is 20.8 Å². The van der Waals surface area contributed by atoms with Crippen LogP contribution in [0.25, 0.3) is 22.6 Å². The van der Waals surface area contributed by atoms with Crippen molar-refractivity contribution >= 4 is 33.7 Å². The number of anilines is 1. The maximum absolute atomic E-state index is 13.0. The molecule has 3 aromatic heterocycles. The van der Waals surface area contributed by atoms with Gasteiger partial charge in [-0.15, -0.1) is 0 Å². The Morgan fingerprint density at radius 1 is 1.12 bits per heavy atom. The van der Waals surface area contributed by atoms with Crippen molar-refractivity contribution in [2.75, 3.05) is 29.9 Å². The van der Waals surface area contributed by atoms with E-state index < -0.39 is 16.8 Å². The largest absolute Gasteiger partial charge is 0.356 e. The third-order valence-electron chi connectivity index (χ3n) is 5.39. The second-order valence-corrected chi connectivity index (χ2v) is 9.07. The van der Waals surface area contributed by atoms with Crippen molar-refractivity contribution in [3.63, 3.8) is 0 Å². The maximum atomic E-state index is 13.0. The van der Waals surface area contributed by atoms with Crippen molar-refractivity contribution in [3.8, 4) is 11.4 Å². The molecule has 1 aliphatic rings. The minimum absolute atomic E-state index is 0.00644. The number of rotatable bonds is 6. The smallest absolute Gasteiger partial charge is 0.245 e. The number of amides is 1. The van der Waals surface area contributed by atoms with Crippen molar-refractivity contribution in [2.45, 2.75) is 53.6 Å². The molecule has 1 unspecified atom stereocenters. The van der Waals surface area contributed by atoms with Crippen LogP contribution in [0, 0.1) is 6.92 Å². The van der Waals surface area contributed by atoms with Gasteiger partial charge in [0.25, 0.3) is 0 Å². The highest BCUT2D eigenvalue weighted by molar-refractivity contribution is 7.85. The van der Waals surface area contributed by atoms with Crippen LogP contribution < -0.4 is 5.32 Å². The lowest BCUT2D eigenvalue weighted by Gasteiger charge is -2.30. The second kappa shape index (κ2) is 11.3. The number of imidazole rings is 1.